The Balaban J connectivity index is 1.24. The average molecular weight is 516 g/mol. The molecule has 3 heterocycles. The first-order chi connectivity index (χ1) is 19.4. The lowest BCUT2D eigenvalue weighted by Crippen LogP contribution is -2.16. The van der Waals surface area contributed by atoms with Gasteiger partial charge in [-0.1, -0.05) is 68.3 Å². The zero-order valence-corrected chi connectivity index (χ0v) is 22.5. The molecule has 1 aliphatic carbocycles. The van der Waals surface area contributed by atoms with Gasteiger partial charge in [-0.15, -0.1) is 6.42 Å². The van der Waals surface area contributed by atoms with Crippen molar-refractivity contribution in [2.75, 3.05) is 0 Å². The minimum atomic E-state index is -0.253. The largest absolute Gasteiger partial charge is 0.437 e. The van der Waals surface area contributed by atoms with Gasteiger partial charge in [0.15, 0.2) is 0 Å². The molecule has 1 aliphatic rings. The summed E-state index contributed by atoms with van der Waals surface area (Å²) in [5.41, 5.74) is 12.7. The van der Waals surface area contributed by atoms with Crippen molar-refractivity contribution in [2.45, 2.75) is 26.2 Å². The summed E-state index contributed by atoms with van der Waals surface area (Å²) in [5, 5.41) is 10.4. The second kappa shape index (κ2) is 8.60. The summed E-state index contributed by atoms with van der Waals surface area (Å²) in [6.45, 7) is 6.49. The number of terminal acetylenes is 1. The Kier molecular flexibility index (Phi) is 5.11. The monoisotopic (exact) mass is 515 g/mol. The highest BCUT2D eigenvalue weighted by Gasteiger charge is 2.35. The Bertz CT molecular complexity index is 2140. The van der Waals surface area contributed by atoms with Crippen LogP contribution in [0.1, 0.15) is 31.9 Å². The van der Waals surface area contributed by atoms with Gasteiger partial charge in [0.25, 0.3) is 0 Å². The van der Waals surface area contributed by atoms with Gasteiger partial charge in [-0.2, -0.15) is 5.26 Å². The van der Waals surface area contributed by atoms with Crippen LogP contribution >= 0.6 is 0 Å². The molecule has 0 saturated heterocycles. The van der Waals surface area contributed by atoms with Crippen molar-refractivity contribution in [1.82, 2.24) is 9.38 Å². The lowest BCUT2D eigenvalue weighted by atomic mass is 9.79. The molecule has 0 N–H and O–H groups in total. The standard InChI is InChI=1S/C36H25N3O/c1-5-23(20-37)18-30-22(2)28-16-14-26(19-31(28)36(30,3)4)24-10-12-25(13-11-24)27-15-17-33-38-34-29-8-6-7-9-32(29)40-35(34)39(33)21-27/h1,6-19,21H,2-4H3/b23-18+. The first-order valence-electron chi connectivity index (χ1n) is 13.2. The zero-order valence-electron chi connectivity index (χ0n) is 22.5. The number of benzene rings is 3. The maximum atomic E-state index is 9.38. The van der Waals surface area contributed by atoms with E-state index in [1.165, 1.54) is 16.7 Å². The smallest absolute Gasteiger partial charge is 0.232 e. The van der Waals surface area contributed by atoms with Gasteiger partial charge < -0.3 is 4.42 Å². The predicted molar refractivity (Wildman–Crippen MR) is 161 cm³/mol. The minimum Gasteiger partial charge on any atom is -0.437 e. The highest BCUT2D eigenvalue weighted by Crippen LogP contribution is 2.48. The van der Waals surface area contributed by atoms with Gasteiger partial charge in [-0.05, 0) is 87.9 Å². The van der Waals surface area contributed by atoms with E-state index >= 15 is 0 Å². The van der Waals surface area contributed by atoms with Gasteiger partial charge >= 0.3 is 0 Å². The molecule has 3 aromatic carbocycles. The number of hydrogen-bond donors (Lipinski definition) is 0. The van der Waals surface area contributed by atoms with Crippen LogP contribution in [0.5, 0.6) is 0 Å². The molecule has 7 rings (SSSR count). The fourth-order valence-corrected chi connectivity index (χ4v) is 6.04. The van der Waals surface area contributed by atoms with E-state index in [2.05, 4.69) is 87.5 Å². The van der Waals surface area contributed by atoms with Crippen LogP contribution in [0.15, 0.2) is 107 Å². The molecule has 0 radical (unpaired) electrons. The fourth-order valence-electron chi connectivity index (χ4n) is 6.04. The lowest BCUT2D eigenvalue weighted by molar-refractivity contribution is 0.649. The van der Waals surface area contributed by atoms with Crippen LogP contribution in [-0.4, -0.2) is 9.38 Å². The van der Waals surface area contributed by atoms with Crippen molar-refractivity contribution in [3.05, 3.63) is 113 Å². The molecular formula is C36H25N3O. The summed E-state index contributed by atoms with van der Waals surface area (Å²) in [5.74, 6) is 2.50. The summed E-state index contributed by atoms with van der Waals surface area (Å²) >= 11 is 0. The number of nitriles is 1. The van der Waals surface area contributed by atoms with E-state index in [0.29, 0.717) is 5.57 Å². The fraction of sp³-hybridized carbons (Fsp3) is 0.111. The van der Waals surface area contributed by atoms with Crippen molar-refractivity contribution in [2.24, 2.45) is 0 Å². The van der Waals surface area contributed by atoms with E-state index in [1.54, 1.807) is 0 Å². The van der Waals surface area contributed by atoms with E-state index in [0.717, 1.165) is 55.7 Å². The Hall–Kier alpha value is -5.32. The normalized spacial score (nSPS) is 14.6. The van der Waals surface area contributed by atoms with Crippen LogP contribution in [0.25, 0.3) is 55.7 Å². The third-order valence-electron chi connectivity index (χ3n) is 8.21. The minimum absolute atomic E-state index is 0.253. The van der Waals surface area contributed by atoms with Crippen LogP contribution in [0.4, 0.5) is 0 Å². The van der Waals surface area contributed by atoms with Gasteiger partial charge in [-0.25, -0.2) is 4.98 Å². The number of hydrogen-bond acceptors (Lipinski definition) is 3. The SMILES string of the molecule is C#C/C(C#N)=C\C1=C(C)c2ccc(-c3ccc(-c4ccc5nc6c7ccccc7oc6n5c4)cc3)cc2C1(C)C. The number of imidazole rings is 1. The third-order valence-corrected chi connectivity index (χ3v) is 8.21. The molecule has 4 heteroatoms. The maximum Gasteiger partial charge on any atom is 0.232 e. The second-order valence-electron chi connectivity index (χ2n) is 10.8. The molecule has 0 aliphatic heterocycles. The quantitative estimate of drug-likeness (QED) is 0.175. The van der Waals surface area contributed by atoms with Crippen molar-refractivity contribution in [3.8, 4) is 40.7 Å². The number of pyridine rings is 1. The summed E-state index contributed by atoms with van der Waals surface area (Å²) < 4.78 is 8.17. The van der Waals surface area contributed by atoms with Gasteiger partial charge in [0.05, 0.1) is 0 Å². The number of allylic oxidation sites excluding steroid dienone is 4. The molecule has 3 aromatic heterocycles. The van der Waals surface area contributed by atoms with E-state index in [9.17, 15) is 5.26 Å². The molecule has 6 aromatic rings. The molecule has 0 bridgehead atoms. The molecule has 0 unspecified atom stereocenters. The molecule has 40 heavy (non-hydrogen) atoms. The Morgan fingerprint density at radius 1 is 0.950 bits per heavy atom. The van der Waals surface area contributed by atoms with Crippen molar-refractivity contribution < 1.29 is 4.42 Å². The zero-order chi connectivity index (χ0) is 27.6. The highest BCUT2D eigenvalue weighted by molar-refractivity contribution is 6.02. The molecule has 0 saturated carbocycles. The van der Waals surface area contributed by atoms with E-state index in [-0.39, 0.29) is 5.41 Å². The van der Waals surface area contributed by atoms with Gasteiger partial charge in [0.2, 0.25) is 5.71 Å². The number of fused-ring (bicyclic) bond motifs is 6. The molecule has 0 spiro atoms. The molecule has 0 atom stereocenters. The summed E-state index contributed by atoms with van der Waals surface area (Å²) in [6.07, 6.45) is 9.50. The average Bonchev–Trinajstić information content (AvgIpc) is 3.58. The number of nitrogens with zero attached hydrogens (tertiary/aromatic N) is 3. The van der Waals surface area contributed by atoms with E-state index in [1.807, 2.05) is 40.8 Å². The Morgan fingerprint density at radius 3 is 2.40 bits per heavy atom. The Morgan fingerprint density at radius 2 is 1.65 bits per heavy atom. The number of rotatable bonds is 3. The van der Waals surface area contributed by atoms with Gasteiger partial charge in [0.1, 0.15) is 28.4 Å². The lowest BCUT2D eigenvalue weighted by Gasteiger charge is -2.23. The van der Waals surface area contributed by atoms with Crippen LogP contribution in [0.3, 0.4) is 0 Å². The maximum absolute atomic E-state index is 9.38. The van der Waals surface area contributed by atoms with Crippen molar-refractivity contribution >= 4 is 33.4 Å². The number of furan rings is 1. The number of para-hydroxylation sites is 1. The molecule has 0 amide bonds. The number of aromatic nitrogens is 2. The van der Waals surface area contributed by atoms with Crippen molar-refractivity contribution in [3.63, 3.8) is 0 Å². The summed E-state index contributed by atoms with van der Waals surface area (Å²) in [7, 11) is 0. The highest BCUT2D eigenvalue weighted by atomic mass is 16.3. The Labute approximate surface area is 232 Å². The summed E-state index contributed by atoms with van der Waals surface area (Å²) in [6, 6.07) is 29.5. The van der Waals surface area contributed by atoms with Crippen LogP contribution in [0.2, 0.25) is 0 Å². The van der Waals surface area contributed by atoms with E-state index in [4.69, 9.17) is 15.8 Å². The predicted octanol–water partition coefficient (Wildman–Crippen LogP) is 8.72. The molecule has 190 valence electrons. The second-order valence-corrected chi connectivity index (χ2v) is 10.8. The van der Waals surface area contributed by atoms with E-state index < -0.39 is 0 Å². The molecular weight excluding hydrogens is 490 g/mol. The summed E-state index contributed by atoms with van der Waals surface area (Å²) in [4.78, 5) is 4.80. The van der Waals surface area contributed by atoms with Crippen molar-refractivity contribution in [1.29, 1.82) is 5.26 Å². The van der Waals surface area contributed by atoms with Crippen LogP contribution in [0, 0.1) is 23.7 Å². The van der Waals surface area contributed by atoms with Crippen LogP contribution in [-0.2, 0) is 5.41 Å². The molecule has 4 nitrogen and oxygen atoms in total. The van der Waals surface area contributed by atoms with Gasteiger partial charge in [-0.3, -0.25) is 4.40 Å². The van der Waals surface area contributed by atoms with Crippen LogP contribution < -0.4 is 0 Å². The topological polar surface area (TPSA) is 54.2 Å². The first-order valence-corrected chi connectivity index (χ1v) is 13.2. The molecule has 0 fully saturated rings. The van der Waals surface area contributed by atoms with Gasteiger partial charge in [0, 0.05) is 17.0 Å². The first kappa shape index (κ1) is 23.8. The third kappa shape index (κ3) is 3.44.